The van der Waals surface area contributed by atoms with E-state index in [2.05, 4.69) is 30.9 Å². The lowest BCUT2D eigenvalue weighted by molar-refractivity contribution is -0.152. The summed E-state index contributed by atoms with van der Waals surface area (Å²) >= 11 is 0. The summed E-state index contributed by atoms with van der Waals surface area (Å²) < 4.78 is 0. The summed E-state index contributed by atoms with van der Waals surface area (Å²) in [5.74, 6) is -1.70. The number of aryl methyl sites for hydroxylation is 2. The van der Waals surface area contributed by atoms with Crippen LogP contribution in [0.3, 0.4) is 0 Å². The predicted molar refractivity (Wildman–Crippen MR) is 217 cm³/mol. The summed E-state index contributed by atoms with van der Waals surface area (Å²) in [5.41, 5.74) is 2.64. The fraction of sp³-hybridized carbons (Fsp3) is 0.500. The maximum absolute atomic E-state index is 14.0. The number of carbonyl (C=O) groups is 6. The van der Waals surface area contributed by atoms with Gasteiger partial charge in [0.25, 0.3) is 0 Å². The van der Waals surface area contributed by atoms with Gasteiger partial charge in [0, 0.05) is 54.6 Å². The van der Waals surface area contributed by atoms with Crippen LogP contribution in [0.15, 0.2) is 42.7 Å². The van der Waals surface area contributed by atoms with E-state index in [1.807, 2.05) is 53.7 Å². The highest BCUT2D eigenvalue weighted by Gasteiger charge is 2.44. The number of hydrogen-bond acceptors (Lipinski definition) is 10. The summed E-state index contributed by atoms with van der Waals surface area (Å²) in [6.45, 7) is 16.5. The molecular weight excluding hydrogens is 727 g/mol. The molecule has 1 aromatic carbocycles. The second kappa shape index (κ2) is 17.2. The van der Waals surface area contributed by atoms with Gasteiger partial charge in [0.1, 0.15) is 17.4 Å². The molecule has 57 heavy (non-hydrogen) atoms. The van der Waals surface area contributed by atoms with Gasteiger partial charge >= 0.3 is 6.03 Å². The molecule has 15 heteroatoms. The van der Waals surface area contributed by atoms with Gasteiger partial charge in [0.05, 0.1) is 24.5 Å². The number of rotatable bonds is 15. The van der Waals surface area contributed by atoms with Crippen LogP contribution >= 0.6 is 0 Å². The van der Waals surface area contributed by atoms with Crippen molar-refractivity contribution in [3.63, 3.8) is 0 Å². The Balaban J connectivity index is 1.26. The van der Waals surface area contributed by atoms with Gasteiger partial charge < -0.3 is 20.9 Å². The molecular formula is C42H55N9O6. The van der Waals surface area contributed by atoms with Crippen LogP contribution in [0.5, 0.6) is 0 Å². The first kappa shape index (κ1) is 42.4. The highest BCUT2D eigenvalue weighted by atomic mass is 16.2. The van der Waals surface area contributed by atoms with E-state index in [0.717, 1.165) is 16.8 Å². The molecule has 4 heterocycles. The molecule has 1 fully saturated rings. The van der Waals surface area contributed by atoms with Crippen LogP contribution in [0, 0.1) is 31.6 Å². The summed E-state index contributed by atoms with van der Waals surface area (Å²) in [5, 5.41) is 8.66. The molecule has 3 aromatic rings. The predicted octanol–water partition coefficient (Wildman–Crippen LogP) is 5.27. The Morgan fingerprint density at radius 1 is 0.982 bits per heavy atom. The van der Waals surface area contributed by atoms with Crippen molar-refractivity contribution in [2.75, 3.05) is 28.7 Å². The number of amides is 5. The number of carbonyl (C=O) groups excluding carboxylic acids is 6. The lowest BCUT2D eigenvalue weighted by Crippen LogP contribution is -2.65. The maximum atomic E-state index is 14.0. The van der Waals surface area contributed by atoms with Crippen molar-refractivity contribution in [3.05, 3.63) is 65.1 Å². The molecule has 5 amide bonds. The van der Waals surface area contributed by atoms with Crippen LogP contribution in [-0.4, -0.2) is 86.4 Å². The van der Waals surface area contributed by atoms with Gasteiger partial charge in [0.15, 0.2) is 11.6 Å². The number of anilines is 4. The minimum absolute atomic E-state index is 0.100. The van der Waals surface area contributed by atoms with Crippen molar-refractivity contribution in [1.82, 2.24) is 30.5 Å². The van der Waals surface area contributed by atoms with E-state index in [1.165, 1.54) is 16.7 Å². The van der Waals surface area contributed by atoms with E-state index in [0.29, 0.717) is 48.1 Å². The van der Waals surface area contributed by atoms with Crippen LogP contribution in [0.25, 0.3) is 0 Å². The summed E-state index contributed by atoms with van der Waals surface area (Å²) in [6, 6.07) is 7.10. The molecule has 2 aliphatic heterocycles. The van der Waals surface area contributed by atoms with Crippen molar-refractivity contribution >= 4 is 58.5 Å². The van der Waals surface area contributed by atoms with Crippen molar-refractivity contribution in [2.24, 2.45) is 17.8 Å². The molecule has 15 nitrogen and oxygen atoms in total. The molecule has 0 aliphatic carbocycles. The van der Waals surface area contributed by atoms with Crippen LogP contribution in [0.1, 0.15) is 94.9 Å². The van der Waals surface area contributed by atoms with Crippen LogP contribution in [0.4, 0.5) is 27.9 Å². The Kier molecular flexibility index (Phi) is 12.8. The van der Waals surface area contributed by atoms with Gasteiger partial charge in [-0.3, -0.25) is 38.8 Å². The number of pyridine rings is 1. The molecule has 0 spiro atoms. The SMILES string of the molecule is CC(=O)[C@H](CC(C)C)NC(=O)C(C)(C)NC(=O)[C@@H]1CCN1C(=O)[C@@H](CC(=O)c1ccc(C)c(N2Cc3cnc(Nc4ccc(C)nc4)nc3N(C)C2=O)c1)C(C)C. The molecule has 304 valence electrons. The number of aromatic nitrogens is 3. The zero-order valence-electron chi connectivity index (χ0n) is 34.6. The van der Waals surface area contributed by atoms with Crippen molar-refractivity contribution < 1.29 is 28.8 Å². The lowest BCUT2D eigenvalue weighted by Gasteiger charge is -2.43. The van der Waals surface area contributed by atoms with E-state index in [-0.39, 0.29) is 48.3 Å². The number of benzene rings is 1. The Labute approximate surface area is 334 Å². The smallest absolute Gasteiger partial charge is 0.330 e. The van der Waals surface area contributed by atoms with Gasteiger partial charge in [-0.05, 0) is 83.1 Å². The van der Waals surface area contributed by atoms with Gasteiger partial charge in [-0.15, -0.1) is 0 Å². The zero-order chi connectivity index (χ0) is 41.9. The van der Waals surface area contributed by atoms with E-state index < -0.39 is 35.4 Å². The summed E-state index contributed by atoms with van der Waals surface area (Å²) in [4.78, 5) is 98.3. The monoisotopic (exact) mass is 781 g/mol. The summed E-state index contributed by atoms with van der Waals surface area (Å²) in [6.07, 6.45) is 4.13. The Bertz CT molecular complexity index is 2050. The molecule has 2 aromatic heterocycles. The third-order valence-corrected chi connectivity index (χ3v) is 10.6. The Hall–Kier alpha value is -5.73. The van der Waals surface area contributed by atoms with E-state index >= 15 is 0 Å². The Morgan fingerprint density at radius 3 is 2.30 bits per heavy atom. The minimum Gasteiger partial charge on any atom is -0.344 e. The Morgan fingerprint density at radius 2 is 1.70 bits per heavy atom. The second-order valence-corrected chi connectivity index (χ2v) is 16.5. The molecule has 3 N–H and O–H groups in total. The average Bonchev–Trinajstić information content (AvgIpc) is 3.12. The molecule has 2 aliphatic rings. The van der Waals surface area contributed by atoms with Crippen molar-refractivity contribution in [2.45, 2.75) is 106 Å². The first-order valence-electron chi connectivity index (χ1n) is 19.5. The van der Waals surface area contributed by atoms with Crippen LogP contribution in [0.2, 0.25) is 0 Å². The number of ketones is 2. The third kappa shape index (κ3) is 9.63. The minimum atomic E-state index is -1.35. The molecule has 3 atom stereocenters. The number of likely N-dealkylation sites (tertiary alicyclic amines) is 1. The van der Waals surface area contributed by atoms with Crippen LogP contribution < -0.4 is 25.8 Å². The lowest BCUT2D eigenvalue weighted by atomic mass is 9.85. The maximum Gasteiger partial charge on any atom is 0.330 e. The molecule has 0 bridgehead atoms. The van der Waals surface area contributed by atoms with Gasteiger partial charge in [-0.25, -0.2) is 9.78 Å². The molecule has 0 unspecified atom stereocenters. The number of nitrogens with one attached hydrogen (secondary N) is 3. The number of hydrogen-bond donors (Lipinski definition) is 3. The van der Waals surface area contributed by atoms with Crippen molar-refractivity contribution in [1.29, 1.82) is 0 Å². The van der Waals surface area contributed by atoms with Crippen LogP contribution in [-0.2, 0) is 25.7 Å². The average molecular weight is 782 g/mol. The highest BCUT2D eigenvalue weighted by Crippen LogP contribution is 2.34. The molecule has 0 radical (unpaired) electrons. The van der Waals surface area contributed by atoms with E-state index in [1.54, 1.807) is 56.4 Å². The van der Waals surface area contributed by atoms with E-state index in [4.69, 9.17) is 0 Å². The number of nitrogens with zero attached hydrogens (tertiary/aromatic N) is 6. The fourth-order valence-electron chi connectivity index (χ4n) is 6.95. The second-order valence-electron chi connectivity index (χ2n) is 16.5. The molecule has 1 saturated heterocycles. The number of fused-ring (bicyclic) bond motifs is 1. The van der Waals surface area contributed by atoms with Crippen molar-refractivity contribution in [3.8, 4) is 0 Å². The zero-order valence-corrected chi connectivity index (χ0v) is 34.6. The highest BCUT2D eigenvalue weighted by molar-refractivity contribution is 6.07. The molecule has 0 saturated carbocycles. The largest absolute Gasteiger partial charge is 0.344 e. The normalized spacial score (nSPS) is 16.5. The van der Waals surface area contributed by atoms with Gasteiger partial charge in [0.2, 0.25) is 23.7 Å². The number of urea groups is 1. The fourth-order valence-corrected chi connectivity index (χ4v) is 6.95. The first-order valence-corrected chi connectivity index (χ1v) is 19.5. The number of Topliss-reactive ketones (excluding diaryl/α,β-unsaturated/α-hetero) is 2. The topological polar surface area (TPSA) is 187 Å². The quantitative estimate of drug-likeness (QED) is 0.172. The third-order valence-electron chi connectivity index (χ3n) is 10.6. The first-order chi connectivity index (χ1) is 26.8. The summed E-state index contributed by atoms with van der Waals surface area (Å²) in [7, 11) is 1.64. The standard InChI is InChI=1S/C42H55N9O6/c1-23(2)17-32(27(7)52)46-39(56)42(8,9)48-37(54)33-15-16-50(33)38(55)31(24(3)4)19-35(53)28-13-11-25(5)34(18-28)51-22-29-20-44-40(47-36(29)49(10)41(51)57)45-30-14-12-26(6)43-21-30/h11-14,18,20-21,23-24,31-33H,15-17,19,22H2,1-10H3,(H,46,56)(H,48,54)(H,44,45,47)/t31-,32-,33-/m0/s1. The molecule has 5 rings (SSSR count). The van der Waals surface area contributed by atoms with E-state index in [9.17, 15) is 28.8 Å². The van der Waals surface area contributed by atoms with Gasteiger partial charge in [-0.1, -0.05) is 39.8 Å². The van der Waals surface area contributed by atoms with Gasteiger partial charge in [-0.2, -0.15) is 4.98 Å².